The number of para-hydroxylation sites is 2. The van der Waals surface area contributed by atoms with Gasteiger partial charge in [0.25, 0.3) is 0 Å². The van der Waals surface area contributed by atoms with Crippen molar-refractivity contribution in [3.05, 3.63) is 237 Å². The highest BCUT2D eigenvalue weighted by Crippen LogP contribution is 2.42. The molecule has 10 rings (SSSR count). The summed E-state index contributed by atoms with van der Waals surface area (Å²) >= 11 is 0. The molecule has 59 heavy (non-hydrogen) atoms. The first kappa shape index (κ1) is 35.5. The van der Waals surface area contributed by atoms with E-state index in [1.54, 1.807) is 0 Å². The smallest absolute Gasteiger partial charge is 0.0973 e. The first-order chi connectivity index (χ1) is 29.2. The van der Waals surface area contributed by atoms with Crippen molar-refractivity contribution >= 4 is 28.1 Å². The van der Waals surface area contributed by atoms with Gasteiger partial charge in [-0.2, -0.15) is 0 Å². The van der Waals surface area contributed by atoms with Gasteiger partial charge >= 0.3 is 0 Å². The summed E-state index contributed by atoms with van der Waals surface area (Å²) < 4.78 is 0. The predicted octanol–water partition coefficient (Wildman–Crippen LogP) is 15.1. The summed E-state index contributed by atoms with van der Waals surface area (Å²) in [5.41, 5.74) is 18.0. The predicted molar refractivity (Wildman–Crippen MR) is 247 cm³/mol. The van der Waals surface area contributed by atoms with Crippen molar-refractivity contribution in [2.45, 2.75) is 0 Å². The Hall–Kier alpha value is -7.88. The number of benzene rings is 9. The van der Waals surface area contributed by atoms with Crippen molar-refractivity contribution in [1.82, 2.24) is 9.97 Å². The van der Waals surface area contributed by atoms with Crippen molar-refractivity contribution in [2.24, 2.45) is 0 Å². The van der Waals surface area contributed by atoms with Crippen LogP contribution in [0.3, 0.4) is 0 Å². The fraction of sp³-hybridized carbons (Fsp3) is 0. The van der Waals surface area contributed by atoms with Gasteiger partial charge in [0.2, 0.25) is 0 Å². The molecule has 0 fully saturated rings. The zero-order chi connectivity index (χ0) is 39.4. The average molecular weight is 754 g/mol. The number of hydrogen-bond acceptors (Lipinski definition) is 3. The Morgan fingerprint density at radius 2 is 0.576 bits per heavy atom. The molecule has 10 aromatic rings. The summed E-state index contributed by atoms with van der Waals surface area (Å²) in [6.07, 6.45) is 0. The summed E-state index contributed by atoms with van der Waals surface area (Å²) in [6.45, 7) is 0. The molecule has 0 N–H and O–H groups in total. The normalized spacial score (nSPS) is 11.1. The van der Waals surface area contributed by atoms with E-state index in [1.807, 2.05) is 30.3 Å². The molecule has 0 aliphatic heterocycles. The van der Waals surface area contributed by atoms with Crippen LogP contribution < -0.4 is 4.90 Å². The molecule has 1 heterocycles. The highest BCUT2D eigenvalue weighted by molar-refractivity contribution is 5.89. The van der Waals surface area contributed by atoms with Crippen LogP contribution in [-0.4, -0.2) is 9.97 Å². The van der Waals surface area contributed by atoms with Crippen LogP contribution in [0, 0.1) is 0 Å². The highest BCUT2D eigenvalue weighted by atomic mass is 15.1. The maximum Gasteiger partial charge on any atom is 0.0973 e. The Balaban J connectivity index is 1.12. The number of aromatic nitrogens is 2. The van der Waals surface area contributed by atoms with E-state index in [1.165, 1.54) is 11.1 Å². The fourth-order valence-corrected chi connectivity index (χ4v) is 7.86. The lowest BCUT2D eigenvalue weighted by Gasteiger charge is -2.27. The van der Waals surface area contributed by atoms with E-state index in [0.29, 0.717) is 0 Å². The second-order valence-electron chi connectivity index (χ2n) is 14.7. The fourth-order valence-electron chi connectivity index (χ4n) is 7.86. The molecular weight excluding hydrogens is 715 g/mol. The third-order valence-corrected chi connectivity index (χ3v) is 10.8. The molecule has 278 valence electrons. The topological polar surface area (TPSA) is 29.0 Å². The van der Waals surface area contributed by atoms with Gasteiger partial charge in [-0.15, -0.1) is 0 Å². The van der Waals surface area contributed by atoms with Gasteiger partial charge in [-0.3, -0.25) is 0 Å². The van der Waals surface area contributed by atoms with Gasteiger partial charge in [0, 0.05) is 28.2 Å². The molecule has 9 aromatic carbocycles. The van der Waals surface area contributed by atoms with Gasteiger partial charge in [0.1, 0.15) is 0 Å². The molecule has 0 spiro atoms. The largest absolute Gasteiger partial charge is 0.310 e. The van der Waals surface area contributed by atoms with Crippen molar-refractivity contribution in [1.29, 1.82) is 0 Å². The molecule has 3 heteroatoms. The lowest BCUT2D eigenvalue weighted by molar-refractivity contribution is 1.27. The first-order valence-electron chi connectivity index (χ1n) is 20.0. The molecule has 0 saturated heterocycles. The second kappa shape index (κ2) is 15.9. The zero-order valence-corrected chi connectivity index (χ0v) is 32.4. The molecule has 0 aliphatic carbocycles. The summed E-state index contributed by atoms with van der Waals surface area (Å²) in [5, 5.41) is 0. The van der Waals surface area contributed by atoms with Gasteiger partial charge in [-0.05, 0) is 99.1 Å². The van der Waals surface area contributed by atoms with Crippen LogP contribution in [0.2, 0.25) is 0 Å². The Kier molecular flexibility index (Phi) is 9.59. The van der Waals surface area contributed by atoms with E-state index in [-0.39, 0.29) is 0 Å². The third-order valence-electron chi connectivity index (χ3n) is 10.8. The van der Waals surface area contributed by atoms with E-state index in [4.69, 9.17) is 9.97 Å². The number of nitrogens with zero attached hydrogens (tertiary/aromatic N) is 3. The molecule has 0 bridgehead atoms. The third kappa shape index (κ3) is 7.41. The van der Waals surface area contributed by atoms with Crippen molar-refractivity contribution in [2.75, 3.05) is 4.90 Å². The first-order valence-corrected chi connectivity index (χ1v) is 20.0. The van der Waals surface area contributed by atoms with Gasteiger partial charge in [-0.25, -0.2) is 9.97 Å². The maximum atomic E-state index is 5.20. The average Bonchev–Trinajstić information content (AvgIpc) is 3.33. The minimum atomic E-state index is 0.853. The summed E-state index contributed by atoms with van der Waals surface area (Å²) in [7, 11) is 0. The molecule has 3 nitrogen and oxygen atoms in total. The van der Waals surface area contributed by atoms with Crippen LogP contribution in [0.15, 0.2) is 237 Å². The molecule has 0 amide bonds. The van der Waals surface area contributed by atoms with Gasteiger partial charge in [0.15, 0.2) is 0 Å². The monoisotopic (exact) mass is 753 g/mol. The molecular formula is C56H39N3. The molecule has 0 radical (unpaired) electrons. The van der Waals surface area contributed by atoms with Crippen LogP contribution in [0.1, 0.15) is 0 Å². The Morgan fingerprint density at radius 3 is 1.08 bits per heavy atom. The van der Waals surface area contributed by atoms with E-state index < -0.39 is 0 Å². The van der Waals surface area contributed by atoms with Crippen LogP contribution >= 0.6 is 0 Å². The van der Waals surface area contributed by atoms with Gasteiger partial charge in [-0.1, -0.05) is 182 Å². The van der Waals surface area contributed by atoms with E-state index in [0.717, 1.165) is 84.0 Å². The van der Waals surface area contributed by atoms with Crippen molar-refractivity contribution < 1.29 is 0 Å². The summed E-state index contributed by atoms with van der Waals surface area (Å²) in [5.74, 6) is 0. The molecule has 0 saturated carbocycles. The summed E-state index contributed by atoms with van der Waals surface area (Å²) in [4.78, 5) is 12.7. The Morgan fingerprint density at radius 1 is 0.220 bits per heavy atom. The molecule has 1 aromatic heterocycles. The number of fused-ring (bicyclic) bond motifs is 1. The highest BCUT2D eigenvalue weighted by Gasteiger charge is 2.19. The van der Waals surface area contributed by atoms with E-state index >= 15 is 0 Å². The summed E-state index contributed by atoms with van der Waals surface area (Å²) in [6, 6.07) is 83.6. The van der Waals surface area contributed by atoms with Crippen molar-refractivity contribution in [3.63, 3.8) is 0 Å². The van der Waals surface area contributed by atoms with Crippen LogP contribution in [0.25, 0.3) is 78.1 Å². The Bertz CT molecular complexity index is 2940. The van der Waals surface area contributed by atoms with Crippen molar-refractivity contribution in [3.8, 4) is 67.0 Å². The van der Waals surface area contributed by atoms with Crippen LogP contribution in [0.4, 0.5) is 17.1 Å². The Labute approximate surface area is 345 Å². The molecule has 0 unspecified atom stereocenters. The molecule has 0 atom stereocenters. The lowest BCUT2D eigenvalue weighted by atomic mass is 9.96. The number of rotatable bonds is 9. The van der Waals surface area contributed by atoms with Crippen LogP contribution in [-0.2, 0) is 0 Å². The second-order valence-corrected chi connectivity index (χ2v) is 14.7. The van der Waals surface area contributed by atoms with Gasteiger partial charge < -0.3 is 4.90 Å². The van der Waals surface area contributed by atoms with E-state index in [9.17, 15) is 0 Å². The maximum absolute atomic E-state index is 5.20. The SMILES string of the molecule is c1ccc(-c2ccc(-c3cccc(N(c4ccc(-c5nc6ccccc6nc5-c5ccccc5)cc4)c4cc(-c5ccccc5)cc(-c5ccccc5)c4)c3)cc2)cc1. The minimum Gasteiger partial charge on any atom is -0.310 e. The number of anilines is 3. The van der Waals surface area contributed by atoms with Crippen LogP contribution in [0.5, 0.6) is 0 Å². The molecule has 0 aliphatic rings. The number of hydrogen-bond donors (Lipinski definition) is 0. The minimum absolute atomic E-state index is 0.853. The van der Waals surface area contributed by atoms with E-state index in [2.05, 4.69) is 211 Å². The van der Waals surface area contributed by atoms with Gasteiger partial charge in [0.05, 0.1) is 22.4 Å². The zero-order valence-electron chi connectivity index (χ0n) is 32.4. The quantitative estimate of drug-likeness (QED) is 0.147. The lowest BCUT2D eigenvalue weighted by Crippen LogP contribution is -2.10. The standard InChI is InChI=1S/C56H39N3/c1-5-16-40(17-6-1)43-28-30-44(31-29-43)47-24-15-25-51(37-47)59(52-38-48(41-18-7-2-8-19-41)36-49(39-52)42-20-9-3-10-21-42)50-34-32-46(33-35-50)56-55(45-22-11-4-12-23-45)57-53-26-13-14-27-54(53)58-56/h1-39H.